The van der Waals surface area contributed by atoms with Crippen molar-refractivity contribution in [3.63, 3.8) is 0 Å². The fourth-order valence-corrected chi connectivity index (χ4v) is 1.14. The van der Waals surface area contributed by atoms with E-state index in [4.69, 9.17) is 5.73 Å². The highest BCUT2D eigenvalue weighted by atomic mass is 32.1. The molecule has 0 saturated carbocycles. The van der Waals surface area contributed by atoms with Gasteiger partial charge in [-0.2, -0.15) is 4.37 Å². The van der Waals surface area contributed by atoms with Crippen LogP contribution in [-0.4, -0.2) is 15.2 Å². The number of aromatic nitrogens is 2. The van der Waals surface area contributed by atoms with Gasteiger partial charge in [0.2, 0.25) is 5.13 Å². The van der Waals surface area contributed by atoms with Gasteiger partial charge in [-0.1, -0.05) is 13.8 Å². The van der Waals surface area contributed by atoms with Crippen LogP contribution in [0.2, 0.25) is 0 Å². The Morgan fingerprint density at radius 1 is 1.58 bits per heavy atom. The number of hydrogen-bond acceptors (Lipinski definition) is 4. The summed E-state index contributed by atoms with van der Waals surface area (Å²) in [6.45, 7) is 5.82. The Hall–Kier alpha value is -0.970. The molecule has 0 unspecified atom stereocenters. The summed E-state index contributed by atoms with van der Waals surface area (Å²) < 4.78 is 4.00. The van der Waals surface area contributed by atoms with Gasteiger partial charge in [0, 0.05) is 17.5 Å². The fraction of sp³-hybridized carbons (Fsp3) is 0.571. The molecule has 0 aliphatic heterocycles. The van der Waals surface area contributed by atoms with E-state index in [0.29, 0.717) is 11.0 Å². The summed E-state index contributed by atoms with van der Waals surface area (Å²) in [6, 6.07) is 0. The molecular weight excluding hydrogens is 172 g/mol. The van der Waals surface area contributed by atoms with Gasteiger partial charge in [0.05, 0.1) is 0 Å². The molecule has 4 nitrogen and oxygen atoms in total. The quantitative estimate of drug-likeness (QED) is 0.559. The first-order valence-electron chi connectivity index (χ1n) is 3.74. The lowest BCUT2D eigenvalue weighted by Crippen LogP contribution is -2.17. The number of nitrogens with zero attached hydrogens (tertiary/aromatic N) is 3. The zero-order valence-corrected chi connectivity index (χ0v) is 8.22. The maximum atomic E-state index is 5.65. The van der Waals surface area contributed by atoms with Crippen LogP contribution in [-0.2, 0) is 0 Å². The third-order valence-electron chi connectivity index (χ3n) is 1.33. The summed E-state index contributed by atoms with van der Waals surface area (Å²) in [5.41, 5.74) is 5.65. The topological polar surface area (TPSA) is 64.2 Å². The Kier molecular flexibility index (Phi) is 2.75. The maximum absolute atomic E-state index is 5.65. The monoisotopic (exact) mass is 184 g/mol. The molecule has 2 N–H and O–H groups in total. The third-order valence-corrected chi connectivity index (χ3v) is 2.03. The molecule has 0 bridgehead atoms. The zero-order valence-electron chi connectivity index (χ0n) is 7.40. The third kappa shape index (κ3) is 2.27. The lowest BCUT2D eigenvalue weighted by Gasteiger charge is -2.00. The number of rotatable bonds is 2. The average molecular weight is 184 g/mol. The van der Waals surface area contributed by atoms with Gasteiger partial charge >= 0.3 is 0 Å². The summed E-state index contributed by atoms with van der Waals surface area (Å²) in [5, 5.41) is 0.638. The summed E-state index contributed by atoms with van der Waals surface area (Å²) in [6.07, 6.45) is 0. The second-order valence-electron chi connectivity index (χ2n) is 2.82. The number of aliphatic imine (C=N–C) groups is 1. The van der Waals surface area contributed by atoms with Crippen molar-refractivity contribution in [2.45, 2.75) is 20.8 Å². The van der Waals surface area contributed by atoms with Gasteiger partial charge < -0.3 is 5.73 Å². The van der Waals surface area contributed by atoms with Gasteiger partial charge in [-0.15, -0.1) is 0 Å². The first kappa shape index (κ1) is 9.12. The molecule has 0 amide bonds. The van der Waals surface area contributed by atoms with Crippen LogP contribution in [0, 0.1) is 12.8 Å². The Bertz CT molecular complexity index is 289. The van der Waals surface area contributed by atoms with Crippen LogP contribution in [0.3, 0.4) is 0 Å². The van der Waals surface area contributed by atoms with Crippen LogP contribution in [0.15, 0.2) is 4.99 Å². The molecule has 1 aromatic heterocycles. The van der Waals surface area contributed by atoms with E-state index in [1.54, 1.807) is 0 Å². The van der Waals surface area contributed by atoms with Crippen LogP contribution < -0.4 is 5.73 Å². The molecule has 0 fully saturated rings. The normalized spacial score (nSPS) is 12.5. The van der Waals surface area contributed by atoms with E-state index in [9.17, 15) is 0 Å². The molecule has 1 aromatic rings. The van der Waals surface area contributed by atoms with Crippen molar-refractivity contribution in [1.82, 2.24) is 9.36 Å². The summed E-state index contributed by atoms with van der Waals surface area (Å²) in [5.74, 6) is 1.61. The van der Waals surface area contributed by atoms with E-state index < -0.39 is 0 Å². The summed E-state index contributed by atoms with van der Waals surface area (Å²) in [4.78, 5) is 8.19. The minimum absolute atomic E-state index is 0.259. The highest BCUT2D eigenvalue weighted by Crippen LogP contribution is 2.14. The lowest BCUT2D eigenvalue weighted by atomic mass is 10.2. The van der Waals surface area contributed by atoms with Gasteiger partial charge in [-0.05, 0) is 6.92 Å². The number of amidine groups is 1. The first-order chi connectivity index (χ1) is 5.59. The SMILES string of the molecule is Cc1nsc(/N=C(\N)C(C)C)n1. The van der Waals surface area contributed by atoms with Gasteiger partial charge in [0.15, 0.2) is 0 Å². The zero-order chi connectivity index (χ0) is 9.14. The minimum Gasteiger partial charge on any atom is -0.387 e. The van der Waals surface area contributed by atoms with E-state index >= 15 is 0 Å². The molecule has 0 aliphatic rings. The molecule has 0 aromatic carbocycles. The largest absolute Gasteiger partial charge is 0.387 e. The Labute approximate surface area is 75.7 Å². The molecule has 0 atom stereocenters. The van der Waals surface area contributed by atoms with Gasteiger partial charge in [-0.25, -0.2) is 9.98 Å². The maximum Gasteiger partial charge on any atom is 0.230 e. The van der Waals surface area contributed by atoms with E-state index in [-0.39, 0.29) is 5.92 Å². The fourth-order valence-electron chi connectivity index (χ4n) is 0.571. The molecule has 1 heterocycles. The van der Waals surface area contributed by atoms with E-state index in [2.05, 4.69) is 14.3 Å². The molecule has 0 saturated heterocycles. The molecule has 5 heteroatoms. The van der Waals surface area contributed by atoms with Crippen LogP contribution >= 0.6 is 11.5 Å². The molecular formula is C7H12N4S. The predicted octanol–water partition coefficient (Wildman–Crippen LogP) is 1.49. The summed E-state index contributed by atoms with van der Waals surface area (Å²) >= 11 is 1.27. The second-order valence-corrected chi connectivity index (χ2v) is 3.55. The van der Waals surface area contributed by atoms with Crippen molar-refractivity contribution in [2.24, 2.45) is 16.6 Å². The Balaban J connectivity index is 2.80. The van der Waals surface area contributed by atoms with Crippen molar-refractivity contribution in [2.75, 3.05) is 0 Å². The Morgan fingerprint density at radius 2 is 2.25 bits per heavy atom. The van der Waals surface area contributed by atoms with Gasteiger partial charge in [0.1, 0.15) is 11.7 Å². The molecule has 1 rings (SSSR count). The molecule has 0 aliphatic carbocycles. The Morgan fingerprint density at radius 3 is 2.67 bits per heavy atom. The molecule has 66 valence electrons. The van der Waals surface area contributed by atoms with Crippen LogP contribution in [0.1, 0.15) is 19.7 Å². The van der Waals surface area contributed by atoms with E-state index in [0.717, 1.165) is 5.82 Å². The minimum atomic E-state index is 0.259. The first-order valence-corrected chi connectivity index (χ1v) is 4.51. The second kappa shape index (κ2) is 3.62. The standard InChI is InChI=1S/C7H12N4S/c1-4(2)6(8)10-7-9-5(3)11-12-7/h4H,1-3H3,(H2,8,9,10,11). The molecule has 0 spiro atoms. The highest BCUT2D eigenvalue weighted by molar-refractivity contribution is 7.09. The summed E-state index contributed by atoms with van der Waals surface area (Å²) in [7, 11) is 0. The van der Waals surface area contributed by atoms with Crippen molar-refractivity contribution < 1.29 is 0 Å². The van der Waals surface area contributed by atoms with Crippen LogP contribution in [0.25, 0.3) is 0 Å². The predicted molar refractivity (Wildman–Crippen MR) is 50.8 cm³/mol. The number of hydrogen-bond donors (Lipinski definition) is 1. The van der Waals surface area contributed by atoms with Gasteiger partial charge in [0.25, 0.3) is 0 Å². The number of nitrogens with two attached hydrogens (primary N) is 1. The molecule has 12 heavy (non-hydrogen) atoms. The highest BCUT2D eigenvalue weighted by Gasteiger charge is 2.02. The van der Waals surface area contributed by atoms with E-state index in [1.165, 1.54) is 11.5 Å². The van der Waals surface area contributed by atoms with Crippen molar-refractivity contribution >= 4 is 22.5 Å². The van der Waals surface area contributed by atoms with Gasteiger partial charge in [-0.3, -0.25) is 0 Å². The smallest absolute Gasteiger partial charge is 0.230 e. The molecule has 0 radical (unpaired) electrons. The van der Waals surface area contributed by atoms with Crippen molar-refractivity contribution in [3.8, 4) is 0 Å². The lowest BCUT2D eigenvalue weighted by molar-refractivity contribution is 0.872. The van der Waals surface area contributed by atoms with Crippen molar-refractivity contribution in [1.29, 1.82) is 0 Å². The average Bonchev–Trinajstić information content (AvgIpc) is 2.35. The number of aryl methyl sites for hydroxylation is 1. The van der Waals surface area contributed by atoms with Crippen LogP contribution in [0.4, 0.5) is 5.13 Å². The van der Waals surface area contributed by atoms with Crippen LogP contribution in [0.5, 0.6) is 0 Å². The van der Waals surface area contributed by atoms with Crippen molar-refractivity contribution in [3.05, 3.63) is 5.82 Å². The van der Waals surface area contributed by atoms with E-state index in [1.807, 2.05) is 20.8 Å².